The third-order valence-corrected chi connectivity index (χ3v) is 5.89. The minimum Gasteiger partial charge on any atom is -0.490 e. The molecule has 0 atom stereocenters. The third kappa shape index (κ3) is 6.97. The lowest BCUT2D eigenvalue weighted by Crippen LogP contribution is -2.14. The molecule has 180 valence electrons. The molecule has 35 heavy (non-hydrogen) atoms. The van der Waals surface area contributed by atoms with Crippen molar-refractivity contribution in [2.24, 2.45) is 0 Å². The summed E-state index contributed by atoms with van der Waals surface area (Å²) in [6.07, 6.45) is 1.54. The molecule has 0 fully saturated rings. The van der Waals surface area contributed by atoms with Gasteiger partial charge in [-0.05, 0) is 91.5 Å². The zero-order valence-electron chi connectivity index (χ0n) is 20.7. The van der Waals surface area contributed by atoms with Crippen LogP contribution in [0.5, 0.6) is 11.5 Å². The highest BCUT2D eigenvalue weighted by Crippen LogP contribution is 2.38. The first-order valence-electron chi connectivity index (χ1n) is 11.4. The molecule has 0 spiro atoms. The van der Waals surface area contributed by atoms with E-state index in [1.54, 1.807) is 18.2 Å². The number of hydrogen-bond donors (Lipinski definition) is 1. The first-order chi connectivity index (χ1) is 16.7. The van der Waals surface area contributed by atoms with Crippen LogP contribution in [0.3, 0.4) is 0 Å². The van der Waals surface area contributed by atoms with Crippen molar-refractivity contribution >= 4 is 33.6 Å². The molecule has 0 aromatic heterocycles. The summed E-state index contributed by atoms with van der Waals surface area (Å²) < 4.78 is 12.6. The Balaban J connectivity index is 1.86. The molecule has 1 N–H and O–H groups in total. The number of rotatable bonds is 8. The predicted molar refractivity (Wildman–Crippen MR) is 144 cm³/mol. The van der Waals surface area contributed by atoms with E-state index in [0.29, 0.717) is 40.4 Å². The molecule has 0 aliphatic rings. The average Bonchev–Trinajstić information content (AvgIpc) is 2.78. The van der Waals surface area contributed by atoms with E-state index >= 15 is 0 Å². The summed E-state index contributed by atoms with van der Waals surface area (Å²) in [6, 6.07) is 17.6. The van der Waals surface area contributed by atoms with Crippen LogP contribution in [0.4, 0.5) is 5.69 Å². The van der Waals surface area contributed by atoms with Gasteiger partial charge in [-0.2, -0.15) is 5.26 Å². The number of carbonyl (C=O) groups excluding carboxylic acids is 1. The van der Waals surface area contributed by atoms with E-state index in [0.717, 1.165) is 16.7 Å². The van der Waals surface area contributed by atoms with Crippen LogP contribution in [0.25, 0.3) is 6.08 Å². The first-order valence-corrected chi connectivity index (χ1v) is 12.2. The SMILES string of the molecule is CCOc1cc(/C=C(\C#N)C(=O)Nc2ccc(C)cc2C)cc(Br)c1OCc1cc(C)cc(C)c1. The van der Waals surface area contributed by atoms with E-state index in [1.807, 2.05) is 45.0 Å². The second kappa shape index (κ2) is 11.7. The highest BCUT2D eigenvalue weighted by molar-refractivity contribution is 9.10. The topological polar surface area (TPSA) is 71.3 Å². The van der Waals surface area contributed by atoms with Gasteiger partial charge in [-0.3, -0.25) is 4.79 Å². The lowest BCUT2D eigenvalue weighted by molar-refractivity contribution is -0.112. The number of nitrogens with one attached hydrogen (secondary N) is 1. The second-order valence-corrected chi connectivity index (χ2v) is 9.34. The Morgan fingerprint density at radius 2 is 1.71 bits per heavy atom. The van der Waals surface area contributed by atoms with Crippen molar-refractivity contribution in [3.63, 3.8) is 0 Å². The molecule has 0 aliphatic heterocycles. The summed E-state index contributed by atoms with van der Waals surface area (Å²) in [5.74, 6) is 0.634. The minimum absolute atomic E-state index is 0.0109. The maximum absolute atomic E-state index is 12.8. The summed E-state index contributed by atoms with van der Waals surface area (Å²) in [4.78, 5) is 12.8. The number of ether oxygens (including phenoxy) is 2. The molecule has 6 heteroatoms. The molecule has 5 nitrogen and oxygen atoms in total. The molecule has 3 aromatic rings. The normalized spacial score (nSPS) is 11.1. The van der Waals surface area contributed by atoms with Crippen LogP contribution in [0.15, 0.2) is 58.6 Å². The van der Waals surface area contributed by atoms with Gasteiger partial charge in [0, 0.05) is 5.69 Å². The molecule has 0 radical (unpaired) electrons. The Hall–Kier alpha value is -3.56. The number of nitriles is 1. The zero-order valence-corrected chi connectivity index (χ0v) is 22.2. The largest absolute Gasteiger partial charge is 0.490 e. The van der Waals surface area contributed by atoms with E-state index in [4.69, 9.17) is 9.47 Å². The monoisotopic (exact) mass is 532 g/mol. The van der Waals surface area contributed by atoms with Crippen molar-refractivity contribution in [3.05, 3.63) is 92.0 Å². The van der Waals surface area contributed by atoms with Gasteiger partial charge in [0.25, 0.3) is 5.91 Å². The number of carbonyl (C=O) groups is 1. The second-order valence-electron chi connectivity index (χ2n) is 8.49. The molecular formula is C29H29BrN2O3. The van der Waals surface area contributed by atoms with Gasteiger partial charge in [-0.25, -0.2) is 0 Å². The summed E-state index contributed by atoms with van der Waals surface area (Å²) in [6.45, 7) is 10.7. The van der Waals surface area contributed by atoms with Crippen LogP contribution in [-0.2, 0) is 11.4 Å². The number of hydrogen-bond acceptors (Lipinski definition) is 4. The molecule has 0 heterocycles. The van der Waals surface area contributed by atoms with Gasteiger partial charge in [0.15, 0.2) is 11.5 Å². The van der Waals surface area contributed by atoms with Gasteiger partial charge in [-0.1, -0.05) is 47.0 Å². The van der Waals surface area contributed by atoms with Gasteiger partial charge in [0.05, 0.1) is 11.1 Å². The summed E-state index contributed by atoms with van der Waals surface area (Å²) >= 11 is 3.57. The Morgan fingerprint density at radius 3 is 2.34 bits per heavy atom. The highest BCUT2D eigenvalue weighted by Gasteiger charge is 2.15. The standard InChI is InChI=1S/C29H29BrN2O3/c1-6-34-27-15-22(13-24(16-31)29(33)32-26-8-7-18(2)10-21(26)5)14-25(30)28(27)35-17-23-11-19(3)9-20(4)12-23/h7-15H,6,17H2,1-5H3,(H,32,33)/b24-13+. The Morgan fingerprint density at radius 1 is 1.00 bits per heavy atom. The number of amides is 1. The van der Waals surface area contributed by atoms with Gasteiger partial charge < -0.3 is 14.8 Å². The quantitative estimate of drug-likeness (QED) is 0.245. The number of benzene rings is 3. The maximum atomic E-state index is 12.8. The number of halogens is 1. The van der Waals surface area contributed by atoms with Crippen LogP contribution < -0.4 is 14.8 Å². The van der Waals surface area contributed by atoms with Gasteiger partial charge in [0.2, 0.25) is 0 Å². The van der Waals surface area contributed by atoms with E-state index in [2.05, 4.69) is 53.3 Å². The fourth-order valence-electron chi connectivity index (χ4n) is 3.84. The molecule has 1 amide bonds. The summed E-state index contributed by atoms with van der Waals surface area (Å²) in [5.41, 5.74) is 6.76. The van der Waals surface area contributed by atoms with Crippen molar-refractivity contribution in [2.75, 3.05) is 11.9 Å². The van der Waals surface area contributed by atoms with Crippen molar-refractivity contribution in [3.8, 4) is 17.6 Å². The van der Waals surface area contributed by atoms with E-state index in [-0.39, 0.29) is 5.57 Å². The molecule has 0 bridgehead atoms. The molecule has 3 aromatic carbocycles. The maximum Gasteiger partial charge on any atom is 0.266 e. The Kier molecular flexibility index (Phi) is 8.73. The van der Waals surface area contributed by atoms with Crippen LogP contribution in [0.1, 0.15) is 40.3 Å². The van der Waals surface area contributed by atoms with E-state index in [9.17, 15) is 10.1 Å². The molecule has 0 unspecified atom stereocenters. The fourth-order valence-corrected chi connectivity index (χ4v) is 4.42. The lowest BCUT2D eigenvalue weighted by atomic mass is 10.1. The van der Waals surface area contributed by atoms with E-state index < -0.39 is 5.91 Å². The van der Waals surface area contributed by atoms with Crippen LogP contribution in [0, 0.1) is 39.0 Å². The van der Waals surface area contributed by atoms with E-state index in [1.165, 1.54) is 11.1 Å². The first kappa shape index (κ1) is 26.1. The summed E-state index contributed by atoms with van der Waals surface area (Å²) in [7, 11) is 0. The van der Waals surface area contributed by atoms with Gasteiger partial charge in [-0.15, -0.1) is 0 Å². The number of anilines is 1. The highest BCUT2D eigenvalue weighted by atomic mass is 79.9. The van der Waals surface area contributed by atoms with Crippen LogP contribution in [-0.4, -0.2) is 12.5 Å². The van der Waals surface area contributed by atoms with Crippen molar-refractivity contribution in [1.29, 1.82) is 5.26 Å². The average molecular weight is 533 g/mol. The molecule has 0 saturated carbocycles. The molecule has 0 aliphatic carbocycles. The van der Waals surface area contributed by atoms with Gasteiger partial charge in [0.1, 0.15) is 18.2 Å². The van der Waals surface area contributed by atoms with Crippen molar-refractivity contribution < 1.29 is 14.3 Å². The Labute approximate surface area is 215 Å². The third-order valence-electron chi connectivity index (χ3n) is 5.30. The zero-order chi connectivity index (χ0) is 25.5. The molecular weight excluding hydrogens is 504 g/mol. The number of nitrogens with zero attached hydrogens (tertiary/aromatic N) is 1. The van der Waals surface area contributed by atoms with Crippen molar-refractivity contribution in [1.82, 2.24) is 0 Å². The number of aryl methyl sites for hydroxylation is 4. The summed E-state index contributed by atoms with van der Waals surface area (Å²) in [5, 5.41) is 12.5. The van der Waals surface area contributed by atoms with Crippen LogP contribution in [0.2, 0.25) is 0 Å². The van der Waals surface area contributed by atoms with Crippen molar-refractivity contribution in [2.45, 2.75) is 41.2 Å². The van der Waals surface area contributed by atoms with Gasteiger partial charge >= 0.3 is 0 Å². The molecule has 0 saturated heterocycles. The predicted octanol–water partition coefficient (Wildman–Crippen LogP) is 7.21. The minimum atomic E-state index is -0.469. The Bertz CT molecular complexity index is 1300. The lowest BCUT2D eigenvalue weighted by Gasteiger charge is -2.15. The smallest absolute Gasteiger partial charge is 0.266 e. The van der Waals surface area contributed by atoms with Crippen LogP contribution >= 0.6 is 15.9 Å². The molecule has 3 rings (SSSR count). The fraction of sp³-hybridized carbons (Fsp3) is 0.241.